The largest absolute Gasteiger partial charge is 0.452 e. The van der Waals surface area contributed by atoms with E-state index in [-0.39, 0.29) is 28.7 Å². The van der Waals surface area contributed by atoms with Crippen LogP contribution < -0.4 is 0 Å². The highest BCUT2D eigenvalue weighted by Gasteiger charge is 2.29. The lowest BCUT2D eigenvalue weighted by Gasteiger charge is -2.13. The average Bonchev–Trinajstić information content (AvgIpc) is 3.31. The van der Waals surface area contributed by atoms with E-state index >= 15 is 0 Å². The molecule has 0 atom stereocenters. The summed E-state index contributed by atoms with van der Waals surface area (Å²) in [5, 5.41) is 9.39. The summed E-state index contributed by atoms with van der Waals surface area (Å²) in [6.45, 7) is 1.32. The zero-order valence-electron chi connectivity index (χ0n) is 13.5. The van der Waals surface area contributed by atoms with Crippen LogP contribution in [0.25, 0.3) is 5.88 Å². The number of nitriles is 1. The molecule has 0 radical (unpaired) electrons. The Labute approximate surface area is 143 Å². The minimum Gasteiger partial charge on any atom is -0.452 e. The van der Waals surface area contributed by atoms with Crippen LogP contribution in [0.3, 0.4) is 0 Å². The van der Waals surface area contributed by atoms with Crippen LogP contribution in [0.5, 0.6) is 0 Å². The van der Waals surface area contributed by atoms with E-state index in [1.165, 1.54) is 6.92 Å². The topological polar surface area (TPSA) is 106 Å². The molecule has 2 aromatic heterocycles. The van der Waals surface area contributed by atoms with Gasteiger partial charge in [-0.25, -0.2) is 4.79 Å². The Morgan fingerprint density at radius 1 is 1.36 bits per heavy atom. The van der Waals surface area contributed by atoms with Crippen molar-refractivity contribution >= 4 is 17.8 Å². The normalized spacial score (nSPS) is 13.8. The van der Waals surface area contributed by atoms with Crippen LogP contribution in [0.1, 0.15) is 34.5 Å². The van der Waals surface area contributed by atoms with Crippen molar-refractivity contribution in [2.45, 2.75) is 19.8 Å². The van der Waals surface area contributed by atoms with Gasteiger partial charge in [0.25, 0.3) is 5.91 Å². The lowest BCUT2D eigenvalue weighted by Crippen LogP contribution is -2.35. The highest BCUT2D eigenvalue weighted by Crippen LogP contribution is 2.26. The molecule has 128 valence electrons. The third-order valence-electron chi connectivity index (χ3n) is 3.92. The van der Waals surface area contributed by atoms with Gasteiger partial charge in [0.2, 0.25) is 11.8 Å². The van der Waals surface area contributed by atoms with Gasteiger partial charge in [0, 0.05) is 25.4 Å². The number of ether oxygens (including phenoxy) is 1. The molecule has 1 aliphatic rings. The average molecular weight is 341 g/mol. The van der Waals surface area contributed by atoms with Crippen LogP contribution in [-0.2, 0) is 14.3 Å². The van der Waals surface area contributed by atoms with Crippen molar-refractivity contribution in [2.24, 2.45) is 0 Å². The third kappa shape index (κ3) is 3.04. The van der Waals surface area contributed by atoms with Crippen molar-refractivity contribution in [2.75, 3.05) is 13.2 Å². The molecule has 3 rings (SSSR count). The highest BCUT2D eigenvalue weighted by molar-refractivity contribution is 5.99. The molecule has 2 amide bonds. The van der Waals surface area contributed by atoms with Crippen molar-refractivity contribution in [3.8, 4) is 12.0 Å². The molecular weight excluding hydrogens is 326 g/mol. The van der Waals surface area contributed by atoms with E-state index in [1.54, 1.807) is 29.1 Å². The minimum atomic E-state index is -0.837. The Morgan fingerprint density at radius 2 is 2.08 bits per heavy atom. The zero-order chi connectivity index (χ0) is 18.0. The number of esters is 1. The molecule has 0 N–H and O–H groups in total. The molecule has 8 nitrogen and oxygen atoms in total. The number of amides is 2. The fraction of sp³-hybridized carbons (Fsp3) is 0.294. The van der Waals surface area contributed by atoms with Crippen LogP contribution in [0.4, 0.5) is 0 Å². The summed E-state index contributed by atoms with van der Waals surface area (Å²) in [6.07, 6.45) is 4.28. The van der Waals surface area contributed by atoms with E-state index in [1.807, 2.05) is 6.07 Å². The number of hydrogen-bond donors (Lipinski definition) is 0. The second-order valence-corrected chi connectivity index (χ2v) is 5.53. The first kappa shape index (κ1) is 16.5. The van der Waals surface area contributed by atoms with Crippen LogP contribution in [-0.4, -0.2) is 40.4 Å². The number of furan rings is 1. The van der Waals surface area contributed by atoms with E-state index in [9.17, 15) is 19.6 Å². The summed E-state index contributed by atoms with van der Waals surface area (Å²) < 4.78 is 12.1. The Hall–Kier alpha value is -3.34. The van der Waals surface area contributed by atoms with Gasteiger partial charge >= 0.3 is 5.97 Å². The smallest absolute Gasteiger partial charge is 0.343 e. The fourth-order valence-corrected chi connectivity index (χ4v) is 2.72. The maximum absolute atomic E-state index is 12.3. The van der Waals surface area contributed by atoms with Gasteiger partial charge in [0.15, 0.2) is 6.61 Å². The van der Waals surface area contributed by atoms with Crippen molar-refractivity contribution in [3.63, 3.8) is 0 Å². The number of carbonyl (C=O) groups excluding carboxylic acids is 3. The third-order valence-corrected chi connectivity index (χ3v) is 3.92. The van der Waals surface area contributed by atoms with Crippen molar-refractivity contribution in [3.05, 3.63) is 41.4 Å². The number of imide groups is 1. The molecule has 8 heteroatoms. The Balaban J connectivity index is 1.77. The quantitative estimate of drug-likeness (QED) is 0.781. The van der Waals surface area contributed by atoms with Gasteiger partial charge in [-0.15, -0.1) is 0 Å². The van der Waals surface area contributed by atoms with Gasteiger partial charge in [0.05, 0.1) is 0 Å². The molecule has 2 aromatic rings. The van der Waals surface area contributed by atoms with E-state index in [0.717, 1.165) is 4.90 Å². The van der Waals surface area contributed by atoms with E-state index in [4.69, 9.17) is 9.15 Å². The van der Waals surface area contributed by atoms with Gasteiger partial charge in [-0.05, 0) is 25.5 Å². The van der Waals surface area contributed by atoms with Gasteiger partial charge in [-0.2, -0.15) is 5.26 Å². The van der Waals surface area contributed by atoms with Crippen molar-refractivity contribution in [1.82, 2.24) is 9.47 Å². The van der Waals surface area contributed by atoms with Gasteiger partial charge < -0.3 is 9.15 Å². The summed E-state index contributed by atoms with van der Waals surface area (Å²) in [7, 11) is 0. The minimum absolute atomic E-state index is 0.0215. The molecular formula is C17H15N3O5. The summed E-state index contributed by atoms with van der Waals surface area (Å²) in [6, 6.07) is 5.44. The molecule has 0 bridgehead atoms. The first-order valence-electron chi connectivity index (χ1n) is 7.70. The number of carbonyl (C=O) groups is 3. The molecule has 0 saturated carbocycles. The second kappa shape index (κ2) is 6.65. The number of hydrogen-bond acceptors (Lipinski definition) is 6. The second-order valence-electron chi connectivity index (χ2n) is 5.53. The number of likely N-dealkylation sites (tertiary alicyclic amines) is 1. The molecule has 1 fully saturated rings. The molecule has 25 heavy (non-hydrogen) atoms. The molecule has 0 aromatic carbocycles. The Morgan fingerprint density at radius 3 is 2.68 bits per heavy atom. The maximum Gasteiger partial charge on any atom is 0.343 e. The predicted molar refractivity (Wildman–Crippen MR) is 83.7 cm³/mol. The monoisotopic (exact) mass is 341 g/mol. The molecule has 3 heterocycles. The molecule has 1 aliphatic heterocycles. The van der Waals surface area contributed by atoms with Crippen molar-refractivity contribution < 1.29 is 23.5 Å². The highest BCUT2D eigenvalue weighted by atomic mass is 16.5. The van der Waals surface area contributed by atoms with E-state index in [2.05, 4.69) is 0 Å². The van der Waals surface area contributed by atoms with Gasteiger partial charge in [-0.1, -0.05) is 0 Å². The van der Waals surface area contributed by atoms with E-state index in [0.29, 0.717) is 19.4 Å². The van der Waals surface area contributed by atoms with E-state index < -0.39 is 18.5 Å². The summed E-state index contributed by atoms with van der Waals surface area (Å²) >= 11 is 0. The number of aryl methyl sites for hydroxylation is 1. The zero-order valence-corrected chi connectivity index (χ0v) is 13.5. The van der Waals surface area contributed by atoms with Gasteiger partial charge in [0.1, 0.15) is 23.0 Å². The lowest BCUT2D eigenvalue weighted by molar-refractivity contribution is -0.143. The van der Waals surface area contributed by atoms with Crippen LogP contribution in [0, 0.1) is 18.3 Å². The SMILES string of the molecule is Cc1oc(-n2cccc2)c(C#N)c1C(=O)OCC(=O)N1CCCC1=O. The number of nitrogens with zero attached hydrogens (tertiary/aromatic N) is 3. The number of aromatic nitrogens is 1. The van der Waals surface area contributed by atoms with Crippen LogP contribution in [0.2, 0.25) is 0 Å². The van der Waals surface area contributed by atoms with Gasteiger partial charge in [-0.3, -0.25) is 19.1 Å². The predicted octanol–water partition coefficient (Wildman–Crippen LogP) is 1.56. The maximum atomic E-state index is 12.3. The number of rotatable bonds is 4. The summed E-state index contributed by atoms with van der Waals surface area (Å²) in [5.74, 6) is -1.25. The summed E-state index contributed by atoms with van der Waals surface area (Å²) in [4.78, 5) is 36.9. The van der Waals surface area contributed by atoms with Crippen molar-refractivity contribution in [1.29, 1.82) is 5.26 Å². The molecule has 0 unspecified atom stereocenters. The standard InChI is InChI=1S/C17H15N3O5/c1-11-15(12(9-18)16(25-11)19-6-2-3-7-19)17(23)24-10-14(22)20-8-4-5-13(20)21/h2-3,6-7H,4-5,8,10H2,1H3. The first-order valence-corrected chi connectivity index (χ1v) is 7.70. The molecule has 0 spiro atoms. The summed E-state index contributed by atoms with van der Waals surface area (Å²) in [5.41, 5.74) is 0.00939. The van der Waals surface area contributed by atoms with Crippen LogP contribution >= 0.6 is 0 Å². The lowest BCUT2D eigenvalue weighted by atomic mass is 10.1. The molecule has 0 aliphatic carbocycles. The molecule has 1 saturated heterocycles. The Bertz CT molecular complexity index is 873. The Kier molecular flexibility index (Phi) is 4.39. The first-order chi connectivity index (χ1) is 12.0. The van der Waals surface area contributed by atoms with Crippen LogP contribution in [0.15, 0.2) is 28.9 Å². The fourth-order valence-electron chi connectivity index (χ4n) is 2.72.